The second kappa shape index (κ2) is 8.22. The lowest BCUT2D eigenvalue weighted by Crippen LogP contribution is -2.45. The zero-order chi connectivity index (χ0) is 24.0. The Morgan fingerprint density at radius 3 is 2.94 bits per heavy atom. The number of rotatable bonds is 5. The molecule has 3 aromatic rings. The van der Waals surface area contributed by atoms with E-state index in [-0.39, 0.29) is 29.8 Å². The number of allylic oxidation sites excluding steroid dienone is 2. The molecule has 2 aliphatic carbocycles. The van der Waals surface area contributed by atoms with Gasteiger partial charge in [-0.3, -0.25) is 14.0 Å². The Balaban J connectivity index is 1.74. The van der Waals surface area contributed by atoms with Gasteiger partial charge in [0.1, 0.15) is 17.7 Å². The molecule has 34 heavy (non-hydrogen) atoms. The van der Waals surface area contributed by atoms with Gasteiger partial charge in [0, 0.05) is 48.6 Å². The Kier molecular flexibility index (Phi) is 5.33. The van der Waals surface area contributed by atoms with Gasteiger partial charge in [-0.15, -0.1) is 0 Å². The third-order valence-electron chi connectivity index (χ3n) is 7.18. The van der Waals surface area contributed by atoms with Gasteiger partial charge in [-0.25, -0.2) is 9.97 Å². The summed E-state index contributed by atoms with van der Waals surface area (Å²) in [4.78, 5) is 22.3. The van der Waals surface area contributed by atoms with Crippen molar-refractivity contribution < 1.29 is 9.90 Å². The fourth-order valence-corrected chi connectivity index (χ4v) is 5.56. The van der Waals surface area contributed by atoms with Gasteiger partial charge in [-0.1, -0.05) is 19.9 Å². The standard InChI is InChI=1S/C25H27N7O2/c1-15-19-4-5-20-23(25(19,2)11-17(12-26)22(15)34)30-24(32(20)18-13-29-31(3)14-18)16-6-7-27-21(10-16)28-8-9-33/h6-7,10-11,13-15,19,33H,4-5,8-9H2,1-3H3,(H,27,28)/t15-,19-,25-/m1/s1. The predicted molar refractivity (Wildman–Crippen MR) is 126 cm³/mol. The molecule has 0 aromatic carbocycles. The predicted octanol–water partition coefficient (Wildman–Crippen LogP) is 2.56. The first-order chi connectivity index (χ1) is 16.4. The number of aromatic nitrogens is 5. The third kappa shape index (κ3) is 3.33. The minimum absolute atomic E-state index is 0.00865. The van der Waals surface area contributed by atoms with Gasteiger partial charge in [0.2, 0.25) is 0 Å². The topological polar surface area (TPSA) is 122 Å². The monoisotopic (exact) mass is 457 g/mol. The van der Waals surface area contributed by atoms with E-state index in [9.17, 15) is 15.2 Å². The van der Waals surface area contributed by atoms with Crippen molar-refractivity contribution in [2.75, 3.05) is 18.5 Å². The molecule has 0 spiro atoms. The van der Waals surface area contributed by atoms with Crippen LogP contribution in [0.5, 0.6) is 0 Å². The summed E-state index contributed by atoms with van der Waals surface area (Å²) in [5, 5.41) is 26.3. The van der Waals surface area contributed by atoms with Crippen molar-refractivity contribution in [2.24, 2.45) is 18.9 Å². The van der Waals surface area contributed by atoms with Gasteiger partial charge >= 0.3 is 0 Å². The third-order valence-corrected chi connectivity index (χ3v) is 7.18. The number of hydrogen-bond donors (Lipinski definition) is 2. The molecule has 0 fully saturated rings. The molecule has 3 aromatic heterocycles. The van der Waals surface area contributed by atoms with Crippen molar-refractivity contribution >= 4 is 11.6 Å². The van der Waals surface area contributed by atoms with Gasteiger partial charge in [0.25, 0.3) is 0 Å². The molecule has 2 N–H and O–H groups in total. The number of aliphatic hydroxyl groups is 1. The number of fused-ring (bicyclic) bond motifs is 3. The van der Waals surface area contributed by atoms with Crippen LogP contribution in [0.2, 0.25) is 0 Å². The number of nitriles is 1. The van der Waals surface area contributed by atoms with E-state index in [4.69, 9.17) is 4.98 Å². The molecular weight excluding hydrogens is 430 g/mol. The van der Waals surface area contributed by atoms with Gasteiger partial charge < -0.3 is 10.4 Å². The molecule has 9 heteroatoms. The van der Waals surface area contributed by atoms with Crippen LogP contribution in [0.3, 0.4) is 0 Å². The number of carbonyl (C=O) groups excluding carboxylic acids is 1. The molecule has 0 amide bonds. The Morgan fingerprint density at radius 1 is 1.41 bits per heavy atom. The molecule has 0 saturated heterocycles. The average Bonchev–Trinajstić information content (AvgIpc) is 3.44. The van der Waals surface area contributed by atoms with Crippen LogP contribution in [0.15, 0.2) is 42.4 Å². The van der Waals surface area contributed by atoms with Crippen molar-refractivity contribution in [2.45, 2.75) is 32.1 Å². The summed E-state index contributed by atoms with van der Waals surface area (Å²) in [6.07, 6.45) is 8.92. The van der Waals surface area contributed by atoms with Gasteiger partial charge in [-0.05, 0) is 30.9 Å². The van der Waals surface area contributed by atoms with E-state index in [0.29, 0.717) is 12.4 Å². The maximum absolute atomic E-state index is 12.7. The molecule has 174 valence electrons. The first-order valence-corrected chi connectivity index (χ1v) is 11.5. The number of pyridine rings is 1. The minimum Gasteiger partial charge on any atom is -0.395 e. The molecule has 0 aliphatic heterocycles. The van der Waals surface area contributed by atoms with E-state index in [0.717, 1.165) is 41.3 Å². The number of imidazole rings is 1. The van der Waals surface area contributed by atoms with Crippen LogP contribution in [0, 0.1) is 23.2 Å². The van der Waals surface area contributed by atoms with Crippen LogP contribution in [0.1, 0.15) is 31.7 Å². The highest BCUT2D eigenvalue weighted by atomic mass is 16.3. The summed E-state index contributed by atoms with van der Waals surface area (Å²) < 4.78 is 3.89. The van der Waals surface area contributed by atoms with Crippen LogP contribution < -0.4 is 5.32 Å². The molecule has 0 saturated carbocycles. The highest BCUT2D eigenvalue weighted by Gasteiger charge is 2.50. The van der Waals surface area contributed by atoms with Crippen molar-refractivity contribution in [3.05, 3.63) is 53.8 Å². The lowest BCUT2D eigenvalue weighted by atomic mass is 9.58. The normalized spacial score (nSPS) is 23.6. The lowest BCUT2D eigenvalue weighted by molar-refractivity contribution is -0.121. The number of Topliss-reactive ketones (excluding diaryl/α,β-unsaturated/α-hetero) is 1. The fourth-order valence-electron chi connectivity index (χ4n) is 5.56. The zero-order valence-electron chi connectivity index (χ0n) is 19.5. The van der Waals surface area contributed by atoms with Crippen molar-refractivity contribution in [3.63, 3.8) is 0 Å². The number of nitrogens with zero attached hydrogens (tertiary/aromatic N) is 6. The summed E-state index contributed by atoms with van der Waals surface area (Å²) >= 11 is 0. The first-order valence-electron chi connectivity index (χ1n) is 11.5. The number of carbonyl (C=O) groups is 1. The average molecular weight is 458 g/mol. The first kappa shape index (κ1) is 22.0. The van der Waals surface area contributed by atoms with E-state index in [2.05, 4.69) is 33.0 Å². The largest absolute Gasteiger partial charge is 0.395 e. The fraction of sp³-hybridized carbons (Fsp3) is 0.400. The van der Waals surface area contributed by atoms with Gasteiger partial charge in [0.15, 0.2) is 5.78 Å². The van der Waals surface area contributed by atoms with Crippen molar-refractivity contribution in [1.82, 2.24) is 24.3 Å². The number of aryl methyl sites for hydroxylation is 1. The smallest absolute Gasteiger partial charge is 0.176 e. The number of hydrogen-bond acceptors (Lipinski definition) is 7. The highest BCUT2D eigenvalue weighted by molar-refractivity contribution is 6.02. The molecule has 2 aliphatic rings. The molecular formula is C25H27N7O2. The van der Waals surface area contributed by atoms with E-state index < -0.39 is 5.41 Å². The van der Waals surface area contributed by atoms with Crippen LogP contribution in [0.4, 0.5) is 5.82 Å². The Hall–Kier alpha value is -3.77. The van der Waals surface area contributed by atoms with Crippen LogP contribution in [-0.4, -0.2) is 48.4 Å². The van der Waals surface area contributed by atoms with Gasteiger partial charge in [-0.2, -0.15) is 10.4 Å². The molecule has 9 nitrogen and oxygen atoms in total. The summed E-state index contributed by atoms with van der Waals surface area (Å²) in [5.74, 6) is 1.17. The van der Waals surface area contributed by atoms with E-state index in [1.807, 2.05) is 44.6 Å². The summed E-state index contributed by atoms with van der Waals surface area (Å²) in [6, 6.07) is 5.94. The minimum atomic E-state index is -0.529. The molecule has 0 radical (unpaired) electrons. The van der Waals surface area contributed by atoms with E-state index >= 15 is 0 Å². The Bertz CT molecular complexity index is 1350. The number of nitrogens with one attached hydrogen (secondary N) is 1. The van der Waals surface area contributed by atoms with E-state index in [1.54, 1.807) is 10.9 Å². The summed E-state index contributed by atoms with van der Waals surface area (Å²) in [7, 11) is 1.88. The zero-order valence-corrected chi connectivity index (χ0v) is 19.5. The second-order valence-electron chi connectivity index (χ2n) is 9.27. The number of anilines is 1. The maximum Gasteiger partial charge on any atom is 0.176 e. The van der Waals surface area contributed by atoms with Crippen molar-refractivity contribution in [1.29, 1.82) is 5.26 Å². The number of ketones is 1. The number of aliphatic hydroxyl groups excluding tert-OH is 1. The van der Waals surface area contributed by atoms with Crippen LogP contribution in [0.25, 0.3) is 17.1 Å². The van der Waals surface area contributed by atoms with Crippen molar-refractivity contribution in [3.8, 4) is 23.1 Å². The Labute approximate surface area is 197 Å². The highest BCUT2D eigenvalue weighted by Crippen LogP contribution is 2.50. The quantitative estimate of drug-likeness (QED) is 0.604. The summed E-state index contributed by atoms with van der Waals surface area (Å²) in [5.41, 5.74) is 3.43. The lowest BCUT2D eigenvalue weighted by Gasteiger charge is -2.44. The molecule has 5 rings (SSSR count). The van der Waals surface area contributed by atoms with Gasteiger partial charge in [0.05, 0.1) is 29.8 Å². The second-order valence-corrected chi connectivity index (χ2v) is 9.27. The van der Waals surface area contributed by atoms with Crippen LogP contribution >= 0.6 is 0 Å². The molecule has 0 unspecified atom stereocenters. The molecule has 3 heterocycles. The Morgan fingerprint density at radius 2 is 2.24 bits per heavy atom. The van der Waals surface area contributed by atoms with E-state index in [1.165, 1.54) is 0 Å². The van der Waals surface area contributed by atoms with Crippen LogP contribution in [-0.2, 0) is 23.7 Å². The SMILES string of the molecule is C[C@H]1C(=O)C(C#N)=C[C@@]2(C)c3nc(-c4ccnc(NCCO)c4)n(-c4cnn(C)c4)c3CC[C@H]12. The maximum atomic E-state index is 12.7. The molecule has 3 atom stereocenters. The summed E-state index contributed by atoms with van der Waals surface area (Å²) in [6.45, 7) is 4.44. The molecule has 0 bridgehead atoms.